The van der Waals surface area contributed by atoms with Crippen molar-refractivity contribution in [2.24, 2.45) is 0 Å². The molecule has 0 aliphatic carbocycles. The summed E-state index contributed by atoms with van der Waals surface area (Å²) < 4.78 is 10.5. The molecule has 0 radical (unpaired) electrons. The Bertz CT molecular complexity index is 746. The zero-order valence-electron chi connectivity index (χ0n) is 14.5. The van der Waals surface area contributed by atoms with Crippen molar-refractivity contribution in [1.29, 1.82) is 0 Å². The van der Waals surface area contributed by atoms with Crippen molar-refractivity contribution in [2.75, 3.05) is 20.8 Å². The number of ether oxygens (including phenoxy) is 2. The van der Waals surface area contributed by atoms with Crippen LogP contribution in [0, 0.1) is 0 Å². The molecular weight excluding hydrogens is 318 g/mol. The number of β-amino-alcohol motifs (C(OH)–C–C–N with tert-alkyl or cyclic N) is 1. The molecule has 0 aromatic heterocycles. The van der Waals surface area contributed by atoms with Crippen LogP contribution >= 0.6 is 0 Å². The Morgan fingerprint density at radius 2 is 1.80 bits per heavy atom. The molecule has 0 spiro atoms. The number of hydrogen-bond donors (Lipinski definition) is 1. The van der Waals surface area contributed by atoms with Gasteiger partial charge in [-0.25, -0.2) is 0 Å². The van der Waals surface area contributed by atoms with Gasteiger partial charge < -0.3 is 19.5 Å². The molecule has 5 heteroatoms. The molecule has 25 heavy (non-hydrogen) atoms. The molecular formula is C20H23NO4. The zero-order chi connectivity index (χ0) is 17.8. The third kappa shape index (κ3) is 3.94. The number of carbonyl (C=O) groups is 1. The summed E-state index contributed by atoms with van der Waals surface area (Å²) in [4.78, 5) is 14.6. The van der Waals surface area contributed by atoms with Crippen LogP contribution in [0.25, 0.3) is 0 Å². The number of aliphatic hydroxyl groups is 1. The Labute approximate surface area is 147 Å². The van der Waals surface area contributed by atoms with Gasteiger partial charge in [-0.15, -0.1) is 0 Å². The SMILES string of the molecule is COc1cccc(CC(=O)N2C[C@H](O)C[C@@H]2c2cccc(OC)c2)c1. The molecule has 1 amide bonds. The maximum Gasteiger partial charge on any atom is 0.227 e. The Hall–Kier alpha value is -2.53. The third-order valence-corrected chi connectivity index (χ3v) is 4.57. The lowest BCUT2D eigenvalue weighted by molar-refractivity contribution is -0.131. The van der Waals surface area contributed by atoms with Crippen LogP contribution in [0.15, 0.2) is 48.5 Å². The molecule has 1 aliphatic rings. The minimum absolute atomic E-state index is 0.00220. The first-order chi connectivity index (χ1) is 12.1. The predicted molar refractivity (Wildman–Crippen MR) is 94.8 cm³/mol. The molecule has 0 unspecified atom stereocenters. The standard InChI is InChI=1S/C20H23NO4/c1-24-17-7-3-5-14(9-17)10-20(23)21-13-16(22)12-19(21)15-6-4-8-18(11-15)25-2/h3-9,11,16,19,22H,10,12-13H2,1-2H3/t16-,19-/m1/s1. The molecule has 5 nitrogen and oxygen atoms in total. The van der Waals surface area contributed by atoms with E-state index in [0.717, 1.165) is 22.6 Å². The van der Waals surface area contributed by atoms with E-state index >= 15 is 0 Å². The highest BCUT2D eigenvalue weighted by atomic mass is 16.5. The average Bonchev–Trinajstić information content (AvgIpc) is 3.04. The minimum Gasteiger partial charge on any atom is -0.497 e. The summed E-state index contributed by atoms with van der Waals surface area (Å²) in [6, 6.07) is 15.0. The molecule has 3 rings (SSSR count). The highest BCUT2D eigenvalue weighted by Crippen LogP contribution is 2.34. The van der Waals surface area contributed by atoms with Gasteiger partial charge in [0.05, 0.1) is 32.8 Å². The Balaban J connectivity index is 1.79. The lowest BCUT2D eigenvalue weighted by atomic mass is 10.0. The van der Waals surface area contributed by atoms with E-state index < -0.39 is 6.10 Å². The Morgan fingerprint density at radius 3 is 2.52 bits per heavy atom. The maximum absolute atomic E-state index is 12.8. The normalized spacial score (nSPS) is 19.7. The van der Waals surface area contributed by atoms with Gasteiger partial charge in [0, 0.05) is 6.54 Å². The molecule has 2 atom stereocenters. The van der Waals surface area contributed by atoms with Crippen molar-refractivity contribution in [3.63, 3.8) is 0 Å². The topological polar surface area (TPSA) is 59.0 Å². The number of carbonyl (C=O) groups excluding carboxylic acids is 1. The van der Waals surface area contributed by atoms with E-state index in [1.807, 2.05) is 48.5 Å². The second-order valence-corrected chi connectivity index (χ2v) is 6.26. The molecule has 0 saturated carbocycles. The van der Waals surface area contributed by atoms with Crippen molar-refractivity contribution in [3.8, 4) is 11.5 Å². The number of likely N-dealkylation sites (tertiary alicyclic amines) is 1. The lowest BCUT2D eigenvalue weighted by Crippen LogP contribution is -2.33. The third-order valence-electron chi connectivity index (χ3n) is 4.57. The van der Waals surface area contributed by atoms with E-state index in [-0.39, 0.29) is 18.4 Å². The van der Waals surface area contributed by atoms with E-state index in [1.165, 1.54) is 0 Å². The lowest BCUT2D eigenvalue weighted by Gasteiger charge is -2.25. The molecule has 1 fully saturated rings. The van der Waals surface area contributed by atoms with Crippen LogP contribution in [0.5, 0.6) is 11.5 Å². The fraction of sp³-hybridized carbons (Fsp3) is 0.350. The molecule has 132 valence electrons. The van der Waals surface area contributed by atoms with Crippen LogP contribution in [-0.4, -0.2) is 42.8 Å². The van der Waals surface area contributed by atoms with Crippen LogP contribution in [-0.2, 0) is 11.2 Å². The fourth-order valence-electron chi connectivity index (χ4n) is 3.31. The first-order valence-electron chi connectivity index (χ1n) is 8.35. The number of benzene rings is 2. The zero-order valence-corrected chi connectivity index (χ0v) is 14.5. The van der Waals surface area contributed by atoms with Gasteiger partial charge in [0.1, 0.15) is 11.5 Å². The van der Waals surface area contributed by atoms with Gasteiger partial charge in [-0.2, -0.15) is 0 Å². The second kappa shape index (κ2) is 7.57. The minimum atomic E-state index is -0.509. The molecule has 2 aromatic carbocycles. The number of rotatable bonds is 5. The molecule has 1 aliphatic heterocycles. The van der Waals surface area contributed by atoms with Crippen molar-refractivity contribution in [1.82, 2.24) is 4.90 Å². The molecule has 1 N–H and O–H groups in total. The first-order valence-corrected chi connectivity index (χ1v) is 8.35. The molecule has 0 bridgehead atoms. The van der Waals surface area contributed by atoms with Crippen LogP contribution in [0.1, 0.15) is 23.6 Å². The highest BCUT2D eigenvalue weighted by molar-refractivity contribution is 5.79. The van der Waals surface area contributed by atoms with Crippen LogP contribution in [0.4, 0.5) is 0 Å². The summed E-state index contributed by atoms with van der Waals surface area (Å²) in [7, 11) is 3.23. The van der Waals surface area contributed by atoms with Gasteiger partial charge in [0.25, 0.3) is 0 Å². The summed E-state index contributed by atoms with van der Waals surface area (Å²) >= 11 is 0. The molecule has 1 saturated heterocycles. The van der Waals surface area contributed by atoms with Crippen molar-refractivity contribution < 1.29 is 19.4 Å². The number of methoxy groups -OCH3 is 2. The van der Waals surface area contributed by atoms with Gasteiger partial charge in [0.15, 0.2) is 0 Å². The summed E-state index contributed by atoms with van der Waals surface area (Å²) in [5.41, 5.74) is 1.88. The van der Waals surface area contributed by atoms with Gasteiger partial charge >= 0.3 is 0 Å². The predicted octanol–water partition coefficient (Wildman–Crippen LogP) is 2.58. The van der Waals surface area contributed by atoms with Crippen LogP contribution in [0.3, 0.4) is 0 Å². The summed E-state index contributed by atoms with van der Waals surface area (Å²) in [6.07, 6.45) is 0.312. The number of hydrogen-bond acceptors (Lipinski definition) is 4. The van der Waals surface area contributed by atoms with Crippen LogP contribution < -0.4 is 9.47 Å². The number of amides is 1. The van der Waals surface area contributed by atoms with Crippen molar-refractivity contribution >= 4 is 5.91 Å². The monoisotopic (exact) mass is 341 g/mol. The molecule has 2 aromatic rings. The largest absolute Gasteiger partial charge is 0.497 e. The number of aliphatic hydroxyl groups excluding tert-OH is 1. The number of nitrogens with zero attached hydrogens (tertiary/aromatic N) is 1. The quantitative estimate of drug-likeness (QED) is 0.908. The van der Waals surface area contributed by atoms with Gasteiger partial charge in [-0.3, -0.25) is 4.79 Å². The summed E-state index contributed by atoms with van der Waals surface area (Å²) in [5.74, 6) is 1.48. The average molecular weight is 341 g/mol. The van der Waals surface area contributed by atoms with E-state index in [4.69, 9.17) is 9.47 Å². The van der Waals surface area contributed by atoms with Gasteiger partial charge in [-0.1, -0.05) is 24.3 Å². The van der Waals surface area contributed by atoms with Crippen molar-refractivity contribution in [3.05, 3.63) is 59.7 Å². The second-order valence-electron chi connectivity index (χ2n) is 6.26. The van der Waals surface area contributed by atoms with Crippen LogP contribution in [0.2, 0.25) is 0 Å². The summed E-state index contributed by atoms with van der Waals surface area (Å²) in [5, 5.41) is 10.1. The molecule has 1 heterocycles. The van der Waals surface area contributed by atoms with Crippen molar-refractivity contribution in [2.45, 2.75) is 25.0 Å². The van der Waals surface area contributed by atoms with Gasteiger partial charge in [0.2, 0.25) is 5.91 Å². The first kappa shape index (κ1) is 17.3. The summed E-state index contributed by atoms with van der Waals surface area (Å²) in [6.45, 7) is 0.352. The Kier molecular flexibility index (Phi) is 5.24. The van der Waals surface area contributed by atoms with E-state index in [2.05, 4.69) is 0 Å². The fourth-order valence-corrected chi connectivity index (χ4v) is 3.31. The van der Waals surface area contributed by atoms with E-state index in [9.17, 15) is 9.90 Å². The highest BCUT2D eigenvalue weighted by Gasteiger charge is 2.35. The smallest absolute Gasteiger partial charge is 0.227 e. The van der Waals surface area contributed by atoms with Gasteiger partial charge in [-0.05, 0) is 41.8 Å². The van der Waals surface area contributed by atoms with E-state index in [1.54, 1.807) is 19.1 Å². The van der Waals surface area contributed by atoms with E-state index in [0.29, 0.717) is 13.0 Å². The Morgan fingerprint density at radius 1 is 1.12 bits per heavy atom. The maximum atomic E-state index is 12.8.